The molecule has 8 aromatic rings. The van der Waals surface area contributed by atoms with Gasteiger partial charge in [0.1, 0.15) is 53.8 Å². The van der Waals surface area contributed by atoms with Gasteiger partial charge in [0.25, 0.3) is 50.6 Å². The van der Waals surface area contributed by atoms with Crippen LogP contribution in [0.1, 0.15) is 6.92 Å². The molecule has 0 unspecified atom stereocenters. The number of amides is 1. The fraction of sp³-hybridized carbons (Fsp3) is 0.170. The number of piperazine rings is 1. The van der Waals surface area contributed by atoms with E-state index in [1.807, 2.05) is 4.90 Å². The largest absolute Gasteiger partial charge is 0.507 e. The number of nitrogens with one attached hydrogen (secondary N) is 4. The minimum atomic E-state index is -5.16. The molecule has 89 heavy (non-hydrogen) atoms. The predicted octanol–water partition coefficient (Wildman–Crippen LogP) is 6.71. The molecule has 1 saturated heterocycles. The summed E-state index contributed by atoms with van der Waals surface area (Å²) < 4.78 is 178. The lowest BCUT2D eigenvalue weighted by Crippen LogP contribution is -2.48. The Labute approximate surface area is 512 Å². The standard InChI is InChI=1S/C47H43Cl2N17O18S5/c1-22(67)52-30-20-32(34(84-2)21-31(30)63-62-29-9-7-26-27(41(29)89(81,82)83)4-3-5-35(26)86(72,73)74)54-46-57-43(49)58-47(60-46)66-14-12-65(13-15-66)11-10-51-44-55-42(48)56-45(59-44)53-24-6-8-28(36(18-24)87(75,76)77)61-64-40-38-23(17-37(39(40)50)88(78,79)80)16-25(19-33(38)68)85(69,70)71/h3-9,16-21,68H,10-15,50H2,1-2H3,(H,52,67)(H,69,70,71)(H,72,73,74)(H,75,76,77)(H,78,79,80)(H,81,82,83)(H,54,57,58,60)(H2,51,53,55,56,59). The molecular formula is C47H43Cl2N17O18S5. The van der Waals surface area contributed by atoms with Crippen LogP contribution in [0.25, 0.3) is 21.5 Å². The molecular weight excluding hydrogens is 1320 g/mol. The number of hydrogen-bond donors (Lipinski definition) is 11. The van der Waals surface area contributed by atoms with Gasteiger partial charge in [0.15, 0.2) is 0 Å². The summed E-state index contributed by atoms with van der Waals surface area (Å²) in [6.07, 6.45) is 0. The van der Waals surface area contributed by atoms with E-state index in [1.165, 1.54) is 38.3 Å². The zero-order valence-corrected chi connectivity index (χ0v) is 50.7. The molecule has 0 aliphatic carbocycles. The van der Waals surface area contributed by atoms with Gasteiger partial charge in [-0.05, 0) is 77.1 Å². The Morgan fingerprint density at radius 1 is 0.629 bits per heavy atom. The summed E-state index contributed by atoms with van der Waals surface area (Å²) in [5.41, 5.74) is 3.53. The lowest BCUT2D eigenvalue weighted by molar-refractivity contribution is -0.114. The topological polar surface area (TPSA) is 526 Å². The molecule has 6 aromatic carbocycles. The maximum absolute atomic E-state index is 12.7. The van der Waals surface area contributed by atoms with E-state index in [1.54, 1.807) is 0 Å². The number of carbonyl (C=O) groups is 1. The number of aromatic hydroxyl groups is 1. The number of benzene rings is 6. The van der Waals surface area contributed by atoms with Crippen molar-refractivity contribution >= 4 is 171 Å². The molecule has 35 nitrogen and oxygen atoms in total. The second-order valence-electron chi connectivity index (χ2n) is 18.6. The number of ether oxygens (including phenoxy) is 1. The number of aromatic nitrogens is 6. The van der Waals surface area contributed by atoms with Crippen LogP contribution in [0, 0.1) is 0 Å². The van der Waals surface area contributed by atoms with Crippen LogP contribution >= 0.6 is 23.2 Å². The highest BCUT2D eigenvalue weighted by atomic mass is 35.5. The first kappa shape index (κ1) is 64.7. The predicted molar refractivity (Wildman–Crippen MR) is 319 cm³/mol. The Morgan fingerprint density at radius 2 is 1.26 bits per heavy atom. The fourth-order valence-corrected chi connectivity index (χ4v) is 12.6. The van der Waals surface area contributed by atoms with Crippen molar-refractivity contribution in [2.45, 2.75) is 31.4 Å². The number of halogens is 2. The van der Waals surface area contributed by atoms with Gasteiger partial charge in [-0.2, -0.15) is 72.0 Å². The third-order valence-electron chi connectivity index (χ3n) is 12.7. The summed E-state index contributed by atoms with van der Waals surface area (Å²) in [6, 6.07) is 13.5. The van der Waals surface area contributed by atoms with E-state index >= 15 is 0 Å². The molecule has 0 saturated carbocycles. The van der Waals surface area contributed by atoms with Crippen molar-refractivity contribution in [1.82, 2.24) is 34.8 Å². The number of methoxy groups -OCH3 is 1. The average molecular weight is 1370 g/mol. The first-order valence-electron chi connectivity index (χ1n) is 24.7. The molecule has 0 atom stereocenters. The van der Waals surface area contributed by atoms with E-state index in [2.05, 4.69) is 76.5 Å². The summed E-state index contributed by atoms with van der Waals surface area (Å²) in [6.45, 7) is 3.71. The molecule has 12 N–H and O–H groups in total. The molecule has 9 rings (SSSR count). The van der Waals surface area contributed by atoms with Gasteiger partial charge in [-0.1, -0.05) is 18.2 Å². The van der Waals surface area contributed by atoms with Gasteiger partial charge < -0.3 is 41.7 Å². The average Bonchev–Trinajstić information content (AvgIpc) is 0.865. The second kappa shape index (κ2) is 25.0. The van der Waals surface area contributed by atoms with Gasteiger partial charge in [-0.15, -0.1) is 20.5 Å². The van der Waals surface area contributed by atoms with Crippen LogP contribution in [0.3, 0.4) is 0 Å². The number of carbonyl (C=O) groups excluding carboxylic acids is 1. The lowest BCUT2D eigenvalue weighted by Gasteiger charge is -2.34. The number of nitrogen functional groups attached to an aromatic ring is 1. The van der Waals surface area contributed by atoms with E-state index in [0.29, 0.717) is 44.9 Å². The van der Waals surface area contributed by atoms with Crippen LogP contribution in [-0.4, -0.2) is 157 Å². The van der Waals surface area contributed by atoms with Gasteiger partial charge in [0.05, 0.1) is 34.5 Å². The van der Waals surface area contributed by atoms with Gasteiger partial charge in [-0.25, -0.2) is 0 Å². The van der Waals surface area contributed by atoms with E-state index < -0.39 is 120 Å². The van der Waals surface area contributed by atoms with Gasteiger partial charge >= 0.3 is 0 Å². The van der Waals surface area contributed by atoms with Crippen molar-refractivity contribution in [2.24, 2.45) is 20.5 Å². The molecule has 468 valence electrons. The monoisotopic (exact) mass is 1360 g/mol. The van der Waals surface area contributed by atoms with E-state index in [4.69, 9.17) is 33.7 Å². The Bertz CT molecular complexity index is 4900. The van der Waals surface area contributed by atoms with Crippen molar-refractivity contribution in [2.75, 3.05) is 78.3 Å². The summed E-state index contributed by atoms with van der Waals surface area (Å²) in [4.78, 5) is 37.5. The highest BCUT2D eigenvalue weighted by molar-refractivity contribution is 7.87. The Hall–Kier alpha value is -8.78. The number of phenolic OH excluding ortho intramolecular Hbond substituents is 1. The first-order valence-corrected chi connectivity index (χ1v) is 32.7. The van der Waals surface area contributed by atoms with Crippen LogP contribution in [-0.2, 0) is 55.4 Å². The SMILES string of the molecule is COc1cc(N=Nc2ccc3c(S(=O)(=O)O)cccc3c2S(=O)(=O)O)c(NC(C)=O)cc1Nc1nc(Cl)nc(N2CCN(CCNc3nc(Cl)nc(Nc4ccc(N=Nc5c(N)c(S(=O)(=O)O)cc6cc(S(=O)(=O)O)cc(O)c56)c(S(=O)(=O)O)c4)n3)CC2)n1. The van der Waals surface area contributed by atoms with E-state index in [-0.39, 0.29) is 80.2 Å². The minimum Gasteiger partial charge on any atom is -0.507 e. The third-order valence-corrected chi connectivity index (χ3v) is 17.5. The third kappa shape index (κ3) is 15.0. The Balaban J connectivity index is 0.855. The normalized spacial score (nSPS) is 13.8. The number of phenols is 1. The molecule has 0 bridgehead atoms. The van der Waals surface area contributed by atoms with Crippen LogP contribution in [0.2, 0.25) is 10.6 Å². The molecule has 1 fully saturated rings. The number of hydrogen-bond acceptors (Lipinski definition) is 29. The zero-order valence-electron chi connectivity index (χ0n) is 45.1. The molecule has 0 radical (unpaired) electrons. The summed E-state index contributed by atoms with van der Waals surface area (Å²) in [5.74, 6) is -1.44. The minimum absolute atomic E-state index is 0.00776. The number of azo groups is 2. The fourth-order valence-electron chi connectivity index (χ4n) is 8.86. The van der Waals surface area contributed by atoms with Crippen molar-refractivity contribution in [1.29, 1.82) is 0 Å². The summed E-state index contributed by atoms with van der Waals surface area (Å²) in [7, 11) is -23.9. The number of fused-ring (bicyclic) bond motifs is 2. The van der Waals surface area contributed by atoms with Gasteiger partial charge in [0, 0.05) is 74.8 Å². The molecule has 0 spiro atoms. The summed E-state index contributed by atoms with van der Waals surface area (Å²) in [5, 5.41) is 36.0. The lowest BCUT2D eigenvalue weighted by atomic mass is 10.1. The highest BCUT2D eigenvalue weighted by Gasteiger charge is 2.28. The van der Waals surface area contributed by atoms with E-state index in [9.17, 15) is 74.8 Å². The van der Waals surface area contributed by atoms with Crippen LogP contribution in [0.5, 0.6) is 11.5 Å². The molecule has 1 aliphatic heterocycles. The van der Waals surface area contributed by atoms with Crippen molar-refractivity contribution in [3.8, 4) is 11.5 Å². The molecule has 42 heteroatoms. The van der Waals surface area contributed by atoms with E-state index in [0.717, 1.165) is 42.5 Å². The summed E-state index contributed by atoms with van der Waals surface area (Å²) >= 11 is 12.6. The molecule has 3 heterocycles. The second-order valence-corrected chi connectivity index (χ2v) is 26.3. The van der Waals surface area contributed by atoms with Crippen molar-refractivity contribution in [3.05, 3.63) is 89.4 Å². The quantitative estimate of drug-likeness (QED) is 0.0214. The maximum Gasteiger partial charge on any atom is 0.297 e. The van der Waals surface area contributed by atoms with Gasteiger partial charge in [0.2, 0.25) is 40.3 Å². The maximum atomic E-state index is 12.7. The van der Waals surface area contributed by atoms with Crippen LogP contribution in [0.4, 0.5) is 69.3 Å². The Kier molecular flexibility index (Phi) is 18.2. The first-order chi connectivity index (χ1) is 41.6. The highest BCUT2D eigenvalue weighted by Crippen LogP contribution is 2.45. The van der Waals surface area contributed by atoms with Crippen molar-refractivity contribution in [3.63, 3.8) is 0 Å². The number of anilines is 8. The number of nitrogens with two attached hydrogens (primary N) is 1. The van der Waals surface area contributed by atoms with Crippen molar-refractivity contribution < 1.29 is 79.5 Å². The molecule has 1 amide bonds. The zero-order chi connectivity index (χ0) is 64.7. The van der Waals surface area contributed by atoms with Crippen LogP contribution in [0.15, 0.2) is 124 Å². The molecule has 1 aliphatic rings. The molecule has 2 aromatic heterocycles. The van der Waals surface area contributed by atoms with Crippen LogP contribution < -0.4 is 36.6 Å². The smallest absolute Gasteiger partial charge is 0.297 e. The van der Waals surface area contributed by atoms with Gasteiger partial charge in [-0.3, -0.25) is 32.5 Å². The number of nitrogens with zero attached hydrogens (tertiary/aromatic N) is 12. The number of rotatable bonds is 20. The Morgan fingerprint density at radius 3 is 1.90 bits per heavy atom.